The van der Waals surface area contributed by atoms with Crippen molar-refractivity contribution >= 4 is 15.9 Å². The van der Waals surface area contributed by atoms with Gasteiger partial charge in [-0.05, 0) is 51.0 Å². The number of nitrogens with zero attached hydrogens (tertiary/aromatic N) is 3. The van der Waals surface area contributed by atoms with Crippen molar-refractivity contribution in [2.45, 2.75) is 37.7 Å². The van der Waals surface area contributed by atoms with Crippen molar-refractivity contribution in [1.29, 1.82) is 0 Å². The Bertz CT molecular complexity index is 950. The van der Waals surface area contributed by atoms with Crippen LogP contribution in [0.5, 0.6) is 11.6 Å². The second-order valence-corrected chi connectivity index (χ2v) is 8.78. The molecular formula is C19H24N4O5S. The van der Waals surface area contributed by atoms with Crippen LogP contribution in [0.1, 0.15) is 24.4 Å². The smallest absolute Gasteiger partial charge is 0.255 e. The molecule has 0 spiro atoms. The van der Waals surface area contributed by atoms with E-state index in [0.717, 1.165) is 5.69 Å². The number of hydrogen-bond donors (Lipinski definition) is 1. The molecule has 2 N–H and O–H groups in total. The first-order chi connectivity index (χ1) is 13.7. The molecule has 0 aliphatic carbocycles. The van der Waals surface area contributed by atoms with Crippen molar-refractivity contribution in [2.24, 2.45) is 5.73 Å². The third-order valence-corrected chi connectivity index (χ3v) is 6.39. The van der Waals surface area contributed by atoms with Crippen LogP contribution in [0.2, 0.25) is 0 Å². The predicted molar refractivity (Wildman–Crippen MR) is 105 cm³/mol. The quantitative estimate of drug-likeness (QED) is 0.713. The topological polar surface area (TPSA) is 125 Å². The maximum Gasteiger partial charge on any atom is 0.255 e. The minimum Gasteiger partial charge on any atom is -0.484 e. The molecule has 0 bridgehead atoms. The molecule has 2 heterocycles. The van der Waals surface area contributed by atoms with Crippen LogP contribution in [-0.2, 0) is 14.8 Å². The highest BCUT2D eigenvalue weighted by atomic mass is 32.2. The number of carbonyl (C=O) groups excluding carboxylic acids is 1. The summed E-state index contributed by atoms with van der Waals surface area (Å²) in [5.74, 6) is 0.940. The SMILES string of the molecule is Cc1cc(OC2CCN(S(=O)(=O)c3ccc(OCC(N)=O)cc3)CC2)nc(C)n1. The van der Waals surface area contributed by atoms with Crippen LogP contribution >= 0.6 is 0 Å². The Hall–Kier alpha value is -2.72. The van der Waals surface area contributed by atoms with Gasteiger partial charge in [-0.3, -0.25) is 4.79 Å². The van der Waals surface area contributed by atoms with E-state index in [1.54, 1.807) is 13.0 Å². The van der Waals surface area contributed by atoms with Crippen LogP contribution in [-0.4, -0.2) is 54.4 Å². The summed E-state index contributed by atoms with van der Waals surface area (Å²) in [5, 5.41) is 0. The van der Waals surface area contributed by atoms with E-state index in [0.29, 0.717) is 43.4 Å². The summed E-state index contributed by atoms with van der Waals surface area (Å²) in [4.78, 5) is 19.4. The number of amides is 1. The van der Waals surface area contributed by atoms with Crippen LogP contribution in [0.4, 0.5) is 0 Å². The fraction of sp³-hybridized carbons (Fsp3) is 0.421. The number of piperidine rings is 1. The second-order valence-electron chi connectivity index (χ2n) is 6.84. The van der Waals surface area contributed by atoms with Crippen molar-refractivity contribution < 1.29 is 22.7 Å². The van der Waals surface area contributed by atoms with Crippen molar-refractivity contribution in [3.8, 4) is 11.6 Å². The molecule has 0 saturated carbocycles. The van der Waals surface area contributed by atoms with Gasteiger partial charge in [-0.2, -0.15) is 9.29 Å². The first kappa shape index (κ1) is 21.0. The molecule has 0 atom stereocenters. The number of rotatable bonds is 7. The lowest BCUT2D eigenvalue weighted by atomic mass is 10.1. The Kier molecular flexibility index (Phi) is 6.33. The monoisotopic (exact) mass is 420 g/mol. The number of sulfonamides is 1. The molecule has 1 aromatic carbocycles. The molecule has 0 radical (unpaired) electrons. The van der Waals surface area contributed by atoms with Crippen LogP contribution < -0.4 is 15.2 Å². The van der Waals surface area contributed by atoms with Crippen LogP contribution in [0.25, 0.3) is 0 Å². The summed E-state index contributed by atoms with van der Waals surface area (Å²) in [6, 6.07) is 7.70. The van der Waals surface area contributed by atoms with Gasteiger partial charge in [-0.1, -0.05) is 0 Å². The number of aromatic nitrogens is 2. The molecule has 0 unspecified atom stereocenters. The fourth-order valence-electron chi connectivity index (χ4n) is 3.12. The molecule has 1 amide bonds. The molecule has 1 saturated heterocycles. The van der Waals surface area contributed by atoms with Gasteiger partial charge in [0.25, 0.3) is 5.91 Å². The van der Waals surface area contributed by atoms with E-state index in [1.165, 1.54) is 28.6 Å². The largest absolute Gasteiger partial charge is 0.484 e. The van der Waals surface area contributed by atoms with Gasteiger partial charge in [0, 0.05) is 24.8 Å². The van der Waals surface area contributed by atoms with E-state index < -0.39 is 15.9 Å². The Labute approximate surface area is 169 Å². The molecule has 1 fully saturated rings. The lowest BCUT2D eigenvalue weighted by Crippen LogP contribution is -2.41. The van der Waals surface area contributed by atoms with Gasteiger partial charge in [-0.25, -0.2) is 13.4 Å². The molecule has 2 aromatic rings. The zero-order valence-corrected chi connectivity index (χ0v) is 17.2. The van der Waals surface area contributed by atoms with Gasteiger partial charge in [0.05, 0.1) is 4.90 Å². The highest BCUT2D eigenvalue weighted by molar-refractivity contribution is 7.89. The first-order valence-corrected chi connectivity index (χ1v) is 10.7. The summed E-state index contributed by atoms with van der Waals surface area (Å²) in [5.41, 5.74) is 5.86. The minimum atomic E-state index is -3.61. The fourth-order valence-corrected chi connectivity index (χ4v) is 4.59. The van der Waals surface area contributed by atoms with Crippen LogP contribution in [0, 0.1) is 13.8 Å². The molecule has 29 heavy (non-hydrogen) atoms. The normalized spacial score (nSPS) is 15.8. The zero-order valence-electron chi connectivity index (χ0n) is 16.4. The first-order valence-electron chi connectivity index (χ1n) is 9.24. The minimum absolute atomic E-state index is 0.0975. The lowest BCUT2D eigenvalue weighted by Gasteiger charge is -2.31. The van der Waals surface area contributed by atoms with Gasteiger partial charge in [0.15, 0.2) is 6.61 Å². The number of hydrogen-bond acceptors (Lipinski definition) is 7. The third kappa shape index (κ3) is 5.42. The molecule has 1 aliphatic heterocycles. The zero-order chi connectivity index (χ0) is 21.0. The lowest BCUT2D eigenvalue weighted by molar-refractivity contribution is -0.119. The molecule has 9 nitrogen and oxygen atoms in total. The van der Waals surface area contributed by atoms with E-state index in [-0.39, 0.29) is 17.6 Å². The Balaban J connectivity index is 1.59. The highest BCUT2D eigenvalue weighted by Gasteiger charge is 2.30. The Morgan fingerprint density at radius 3 is 2.41 bits per heavy atom. The number of carbonyl (C=O) groups is 1. The summed E-state index contributed by atoms with van der Waals surface area (Å²) < 4.78 is 38.3. The molecule has 1 aliphatic rings. The highest BCUT2D eigenvalue weighted by Crippen LogP contribution is 2.24. The third-order valence-electron chi connectivity index (χ3n) is 4.47. The van der Waals surface area contributed by atoms with Gasteiger partial charge in [0.1, 0.15) is 17.7 Å². The van der Waals surface area contributed by atoms with Crippen molar-refractivity contribution in [1.82, 2.24) is 14.3 Å². The average molecular weight is 420 g/mol. The molecule has 1 aromatic heterocycles. The second kappa shape index (κ2) is 8.75. The predicted octanol–water partition coefficient (Wildman–Crippen LogP) is 1.19. The van der Waals surface area contributed by atoms with Gasteiger partial charge in [-0.15, -0.1) is 0 Å². The summed E-state index contributed by atoms with van der Waals surface area (Å²) in [6.07, 6.45) is 1.04. The standard InChI is InChI=1S/C19H24N4O5S/c1-13-11-19(22-14(2)21-13)28-16-7-9-23(10-8-16)29(25,26)17-5-3-15(4-6-17)27-12-18(20)24/h3-6,11,16H,7-10,12H2,1-2H3,(H2,20,24). The van der Waals surface area contributed by atoms with Crippen LogP contribution in [0.15, 0.2) is 35.2 Å². The maximum absolute atomic E-state index is 12.9. The van der Waals surface area contributed by atoms with E-state index in [9.17, 15) is 13.2 Å². The van der Waals surface area contributed by atoms with Crippen molar-refractivity contribution in [3.63, 3.8) is 0 Å². The number of aryl methyl sites for hydroxylation is 2. The average Bonchev–Trinajstić information content (AvgIpc) is 2.66. The van der Waals surface area contributed by atoms with E-state index in [4.69, 9.17) is 15.2 Å². The number of nitrogens with two attached hydrogens (primary N) is 1. The van der Waals surface area contributed by atoms with Gasteiger partial charge < -0.3 is 15.2 Å². The maximum atomic E-state index is 12.9. The Morgan fingerprint density at radius 2 is 1.83 bits per heavy atom. The summed E-state index contributed by atoms with van der Waals surface area (Å²) in [7, 11) is -3.61. The molecule has 156 valence electrons. The number of benzene rings is 1. The summed E-state index contributed by atoms with van der Waals surface area (Å²) >= 11 is 0. The Morgan fingerprint density at radius 1 is 1.17 bits per heavy atom. The van der Waals surface area contributed by atoms with Gasteiger partial charge in [0.2, 0.25) is 15.9 Å². The number of ether oxygens (including phenoxy) is 2. The molecule has 10 heteroatoms. The van der Waals surface area contributed by atoms with Crippen LogP contribution in [0.3, 0.4) is 0 Å². The van der Waals surface area contributed by atoms with Crippen molar-refractivity contribution in [2.75, 3.05) is 19.7 Å². The van der Waals surface area contributed by atoms with E-state index in [2.05, 4.69) is 9.97 Å². The van der Waals surface area contributed by atoms with E-state index >= 15 is 0 Å². The van der Waals surface area contributed by atoms with Crippen molar-refractivity contribution in [3.05, 3.63) is 41.9 Å². The molecular weight excluding hydrogens is 396 g/mol. The number of primary amides is 1. The van der Waals surface area contributed by atoms with Gasteiger partial charge >= 0.3 is 0 Å². The molecule has 3 rings (SSSR count). The summed E-state index contributed by atoms with van der Waals surface area (Å²) in [6.45, 7) is 4.14. The van der Waals surface area contributed by atoms with E-state index in [1.807, 2.05) is 6.92 Å².